The molecule has 228 valence electrons. The second-order valence-electron chi connectivity index (χ2n) is 9.98. The number of halogens is 4. The van der Waals surface area contributed by atoms with Gasteiger partial charge in [-0.15, -0.1) is 0 Å². The molecule has 0 radical (unpaired) electrons. The second-order valence-corrected chi connectivity index (χ2v) is 9.98. The standard InChI is InChI=1S/C27H28F4N8O4/c1-16(14-42-15-22-36-24(37-43-22)18-7-8-38(13-18)26-32-9-19(28)10-33-26)35-21-11-34-39(25(40)23(21)27(29,30)31)12-17-3-5-20(41-2)6-4-17/h3-6,9-11,16,18,35H,7-8,12-15H2,1-2H3. The molecule has 0 aliphatic carbocycles. The molecule has 1 aromatic carbocycles. The first-order chi connectivity index (χ1) is 20.6. The average Bonchev–Trinajstić information content (AvgIpc) is 3.65. The summed E-state index contributed by atoms with van der Waals surface area (Å²) in [6.45, 7) is 2.54. The number of benzene rings is 1. The number of hydrogen-bond acceptors (Lipinski definition) is 11. The summed E-state index contributed by atoms with van der Waals surface area (Å²) < 4.78 is 71.6. The third-order valence-electron chi connectivity index (χ3n) is 6.74. The first kappa shape index (κ1) is 29.9. The molecular weight excluding hydrogens is 576 g/mol. The molecule has 1 saturated heterocycles. The summed E-state index contributed by atoms with van der Waals surface area (Å²) >= 11 is 0. The van der Waals surface area contributed by atoms with Gasteiger partial charge in [-0.3, -0.25) is 4.79 Å². The Morgan fingerprint density at radius 1 is 1.16 bits per heavy atom. The lowest BCUT2D eigenvalue weighted by molar-refractivity contribution is -0.138. The van der Waals surface area contributed by atoms with E-state index in [-0.39, 0.29) is 31.6 Å². The van der Waals surface area contributed by atoms with Gasteiger partial charge in [0.15, 0.2) is 11.6 Å². The number of alkyl halides is 3. The number of nitrogens with zero attached hydrogens (tertiary/aromatic N) is 7. The van der Waals surface area contributed by atoms with Gasteiger partial charge in [-0.1, -0.05) is 17.3 Å². The summed E-state index contributed by atoms with van der Waals surface area (Å²) in [6.07, 6.45) is -1.00. The monoisotopic (exact) mass is 604 g/mol. The van der Waals surface area contributed by atoms with E-state index in [1.165, 1.54) is 7.11 Å². The molecule has 2 atom stereocenters. The van der Waals surface area contributed by atoms with E-state index in [1.807, 2.05) is 4.90 Å². The Morgan fingerprint density at radius 2 is 1.91 bits per heavy atom. The Labute approximate surface area is 242 Å². The van der Waals surface area contributed by atoms with Crippen LogP contribution >= 0.6 is 0 Å². The lowest BCUT2D eigenvalue weighted by Crippen LogP contribution is -2.34. The molecule has 5 rings (SSSR count). The van der Waals surface area contributed by atoms with Crippen molar-refractivity contribution in [2.45, 2.75) is 44.6 Å². The zero-order chi connectivity index (χ0) is 30.6. The zero-order valence-corrected chi connectivity index (χ0v) is 23.2. The van der Waals surface area contributed by atoms with Gasteiger partial charge in [-0.05, 0) is 31.0 Å². The number of ether oxygens (including phenoxy) is 2. The number of hydrogen-bond donors (Lipinski definition) is 1. The highest BCUT2D eigenvalue weighted by Gasteiger charge is 2.38. The molecule has 0 spiro atoms. The number of nitrogens with one attached hydrogen (secondary N) is 1. The molecule has 3 aromatic heterocycles. The van der Waals surface area contributed by atoms with Crippen molar-refractivity contribution in [2.24, 2.45) is 0 Å². The molecular formula is C27H28F4N8O4. The highest BCUT2D eigenvalue weighted by Crippen LogP contribution is 2.32. The van der Waals surface area contributed by atoms with Crippen LogP contribution in [0.4, 0.5) is 29.2 Å². The molecule has 1 N–H and O–H groups in total. The van der Waals surface area contributed by atoms with Crippen molar-refractivity contribution in [3.05, 3.63) is 81.9 Å². The highest BCUT2D eigenvalue weighted by atomic mass is 19.4. The van der Waals surface area contributed by atoms with Gasteiger partial charge in [-0.2, -0.15) is 23.3 Å². The minimum Gasteiger partial charge on any atom is -0.497 e. The summed E-state index contributed by atoms with van der Waals surface area (Å²) in [6, 6.07) is 5.95. The normalized spacial score (nSPS) is 16.0. The van der Waals surface area contributed by atoms with Crippen LogP contribution in [0, 0.1) is 5.82 Å². The maximum Gasteiger partial charge on any atom is 0.423 e. The van der Waals surface area contributed by atoms with Crippen molar-refractivity contribution in [2.75, 3.05) is 37.0 Å². The quantitative estimate of drug-likeness (QED) is 0.252. The van der Waals surface area contributed by atoms with Crippen molar-refractivity contribution in [3.8, 4) is 5.75 Å². The predicted octanol–water partition coefficient (Wildman–Crippen LogP) is 3.64. The van der Waals surface area contributed by atoms with Crippen LogP contribution < -0.4 is 20.5 Å². The molecule has 1 aliphatic rings. The van der Waals surface area contributed by atoms with Crippen molar-refractivity contribution in [3.63, 3.8) is 0 Å². The summed E-state index contributed by atoms with van der Waals surface area (Å²) in [4.78, 5) is 27.0. The van der Waals surface area contributed by atoms with Gasteiger partial charge in [0, 0.05) is 25.0 Å². The van der Waals surface area contributed by atoms with Crippen LogP contribution in [0.25, 0.3) is 0 Å². The van der Waals surface area contributed by atoms with E-state index < -0.39 is 34.8 Å². The first-order valence-electron chi connectivity index (χ1n) is 13.3. The van der Waals surface area contributed by atoms with Crippen molar-refractivity contribution < 1.29 is 31.6 Å². The summed E-state index contributed by atoms with van der Waals surface area (Å²) in [5, 5.41) is 10.6. The molecule has 0 saturated carbocycles. The number of anilines is 2. The van der Waals surface area contributed by atoms with Crippen LogP contribution in [0.5, 0.6) is 5.75 Å². The van der Waals surface area contributed by atoms with Crippen molar-refractivity contribution >= 4 is 11.6 Å². The topological polar surface area (TPSA) is 133 Å². The SMILES string of the molecule is COc1ccc(Cn2ncc(NC(C)COCc3nc(C4CCN(c5ncc(F)cn5)C4)no3)c(C(F)(F)F)c2=O)cc1. The van der Waals surface area contributed by atoms with Crippen molar-refractivity contribution in [1.29, 1.82) is 0 Å². The molecule has 0 bridgehead atoms. The largest absolute Gasteiger partial charge is 0.497 e. The molecule has 1 fully saturated rings. The zero-order valence-electron chi connectivity index (χ0n) is 23.2. The van der Waals surface area contributed by atoms with E-state index in [9.17, 15) is 22.4 Å². The number of rotatable bonds is 11. The maximum atomic E-state index is 13.9. The van der Waals surface area contributed by atoms with Gasteiger partial charge in [0.2, 0.25) is 5.95 Å². The van der Waals surface area contributed by atoms with Crippen LogP contribution in [-0.2, 0) is 24.1 Å². The molecule has 43 heavy (non-hydrogen) atoms. The molecule has 4 aromatic rings. The highest BCUT2D eigenvalue weighted by molar-refractivity contribution is 5.50. The molecule has 4 heterocycles. The fourth-order valence-electron chi connectivity index (χ4n) is 4.63. The molecule has 1 aliphatic heterocycles. The Kier molecular flexibility index (Phi) is 8.84. The van der Waals surface area contributed by atoms with Gasteiger partial charge < -0.3 is 24.2 Å². The van der Waals surface area contributed by atoms with Gasteiger partial charge in [0.05, 0.1) is 44.5 Å². The van der Waals surface area contributed by atoms with E-state index in [0.29, 0.717) is 36.2 Å². The Morgan fingerprint density at radius 3 is 2.60 bits per heavy atom. The average molecular weight is 605 g/mol. The maximum absolute atomic E-state index is 13.9. The smallest absolute Gasteiger partial charge is 0.423 e. The van der Waals surface area contributed by atoms with Gasteiger partial charge in [-0.25, -0.2) is 19.0 Å². The predicted molar refractivity (Wildman–Crippen MR) is 144 cm³/mol. The summed E-state index contributed by atoms with van der Waals surface area (Å²) in [7, 11) is 1.49. The first-order valence-corrected chi connectivity index (χ1v) is 13.3. The number of methoxy groups -OCH3 is 1. The second kappa shape index (κ2) is 12.7. The Bertz CT molecular complexity index is 1580. The van der Waals surface area contributed by atoms with Crippen LogP contribution in [0.2, 0.25) is 0 Å². The number of aromatic nitrogens is 6. The minimum atomic E-state index is -4.91. The third-order valence-corrected chi connectivity index (χ3v) is 6.74. The van der Waals surface area contributed by atoms with Crippen LogP contribution in [-0.4, -0.2) is 62.7 Å². The third kappa shape index (κ3) is 7.25. The van der Waals surface area contributed by atoms with E-state index in [4.69, 9.17) is 14.0 Å². The molecule has 16 heteroatoms. The minimum absolute atomic E-state index is 0.0247. The molecule has 12 nitrogen and oxygen atoms in total. The van der Waals surface area contributed by atoms with E-state index in [0.717, 1.165) is 29.7 Å². The molecule has 2 unspecified atom stereocenters. The lowest BCUT2D eigenvalue weighted by atomic mass is 10.1. The van der Waals surface area contributed by atoms with Crippen molar-refractivity contribution in [1.82, 2.24) is 29.9 Å². The van der Waals surface area contributed by atoms with Crippen LogP contribution in [0.1, 0.15) is 42.1 Å². The Balaban J connectivity index is 1.16. The fourth-order valence-corrected chi connectivity index (χ4v) is 4.63. The van der Waals surface area contributed by atoms with Crippen LogP contribution in [0.15, 0.2) is 52.2 Å². The lowest BCUT2D eigenvalue weighted by Gasteiger charge is -2.19. The van der Waals surface area contributed by atoms with E-state index in [1.54, 1.807) is 31.2 Å². The van der Waals surface area contributed by atoms with Gasteiger partial charge in [0.1, 0.15) is 17.9 Å². The Hall–Kier alpha value is -4.60. The van der Waals surface area contributed by atoms with E-state index >= 15 is 0 Å². The molecule has 0 amide bonds. The fraction of sp³-hybridized carbons (Fsp3) is 0.407. The van der Waals surface area contributed by atoms with Gasteiger partial charge >= 0.3 is 6.18 Å². The van der Waals surface area contributed by atoms with Crippen LogP contribution in [0.3, 0.4) is 0 Å². The summed E-state index contributed by atoms with van der Waals surface area (Å²) in [5.74, 6) is 1.11. The van der Waals surface area contributed by atoms with E-state index in [2.05, 4.69) is 30.5 Å². The summed E-state index contributed by atoms with van der Waals surface area (Å²) in [5.41, 5.74) is -2.48. The van der Waals surface area contributed by atoms with Gasteiger partial charge in [0.25, 0.3) is 11.4 Å².